The highest BCUT2D eigenvalue weighted by atomic mass is 16.5. The van der Waals surface area contributed by atoms with Crippen LogP contribution >= 0.6 is 0 Å². The summed E-state index contributed by atoms with van der Waals surface area (Å²) >= 11 is 0. The zero-order chi connectivity index (χ0) is 17.3. The van der Waals surface area contributed by atoms with E-state index in [0.29, 0.717) is 24.3 Å². The first-order chi connectivity index (χ1) is 11.5. The molecule has 0 spiro atoms. The van der Waals surface area contributed by atoms with Crippen LogP contribution in [0.1, 0.15) is 36.5 Å². The summed E-state index contributed by atoms with van der Waals surface area (Å²) in [6, 6.07) is 8.49. The number of ether oxygens (including phenoxy) is 1. The van der Waals surface area contributed by atoms with Crippen molar-refractivity contribution in [3.8, 4) is 23.0 Å². The topological polar surface area (TPSA) is 69.9 Å². The molecule has 4 nitrogen and oxygen atoms in total. The van der Waals surface area contributed by atoms with E-state index in [1.807, 2.05) is 26.0 Å². The van der Waals surface area contributed by atoms with E-state index in [2.05, 4.69) is 0 Å². The molecule has 1 atom stereocenters. The van der Waals surface area contributed by atoms with Gasteiger partial charge in [-0.3, -0.25) is 0 Å². The highest BCUT2D eigenvalue weighted by Crippen LogP contribution is 2.40. The first-order valence-electron chi connectivity index (χ1n) is 8.07. The summed E-state index contributed by atoms with van der Waals surface area (Å²) in [6.45, 7) is 4.40. The number of phenols is 3. The molecular weight excluding hydrogens is 304 g/mol. The molecule has 3 rings (SSSR count). The molecule has 3 N–H and O–H groups in total. The van der Waals surface area contributed by atoms with Crippen molar-refractivity contribution < 1.29 is 20.1 Å². The Kier molecular flexibility index (Phi) is 4.38. The summed E-state index contributed by atoms with van der Waals surface area (Å²) in [5.74, 6) is 1.13. The van der Waals surface area contributed by atoms with Gasteiger partial charge in [-0.2, -0.15) is 0 Å². The predicted octanol–water partition coefficient (Wildman–Crippen LogP) is 4.03. The number of fused-ring (bicyclic) bond motifs is 1. The molecular formula is C20H22O4. The largest absolute Gasteiger partial charge is 0.508 e. The molecule has 1 heterocycles. The van der Waals surface area contributed by atoms with Gasteiger partial charge in [0.05, 0.1) is 6.61 Å². The maximum atomic E-state index is 10.6. The van der Waals surface area contributed by atoms with Gasteiger partial charge in [-0.1, -0.05) is 23.8 Å². The third-order valence-corrected chi connectivity index (χ3v) is 4.40. The quantitative estimate of drug-likeness (QED) is 0.745. The van der Waals surface area contributed by atoms with Gasteiger partial charge in [-0.15, -0.1) is 0 Å². The lowest BCUT2D eigenvalue weighted by Crippen LogP contribution is -2.19. The molecule has 0 bridgehead atoms. The molecule has 2 aromatic carbocycles. The number of benzene rings is 2. The van der Waals surface area contributed by atoms with Gasteiger partial charge in [0.25, 0.3) is 0 Å². The first-order valence-corrected chi connectivity index (χ1v) is 8.07. The monoisotopic (exact) mass is 326 g/mol. The van der Waals surface area contributed by atoms with Crippen molar-refractivity contribution in [2.24, 2.45) is 0 Å². The summed E-state index contributed by atoms with van der Waals surface area (Å²) < 4.78 is 5.75. The van der Waals surface area contributed by atoms with Gasteiger partial charge in [-0.05, 0) is 44.4 Å². The molecule has 1 aliphatic heterocycles. The lowest BCUT2D eigenvalue weighted by molar-refractivity contribution is 0.258. The third-order valence-electron chi connectivity index (χ3n) is 4.40. The fraction of sp³-hybridized carbons (Fsp3) is 0.300. The Hall–Kier alpha value is -2.62. The molecule has 0 aliphatic carbocycles. The van der Waals surface area contributed by atoms with Crippen LogP contribution in [-0.2, 0) is 12.8 Å². The normalized spacial score (nSPS) is 16.2. The minimum absolute atomic E-state index is 0.00750. The van der Waals surface area contributed by atoms with Crippen molar-refractivity contribution in [3.63, 3.8) is 0 Å². The average molecular weight is 326 g/mol. The number of aromatic hydroxyl groups is 3. The molecule has 0 radical (unpaired) electrons. The van der Waals surface area contributed by atoms with Crippen LogP contribution < -0.4 is 4.74 Å². The Bertz CT molecular complexity index is 788. The second kappa shape index (κ2) is 6.48. The van der Waals surface area contributed by atoms with Crippen molar-refractivity contribution in [1.82, 2.24) is 0 Å². The summed E-state index contributed by atoms with van der Waals surface area (Å²) in [5.41, 5.74) is 3.46. The van der Waals surface area contributed by atoms with Gasteiger partial charge in [0.15, 0.2) is 0 Å². The van der Waals surface area contributed by atoms with Crippen LogP contribution in [0.5, 0.6) is 23.0 Å². The molecule has 2 aromatic rings. The van der Waals surface area contributed by atoms with Gasteiger partial charge in [0.2, 0.25) is 0 Å². The number of allylic oxidation sites excluding steroid dienone is 2. The van der Waals surface area contributed by atoms with Gasteiger partial charge >= 0.3 is 0 Å². The van der Waals surface area contributed by atoms with Crippen LogP contribution in [0.4, 0.5) is 0 Å². The number of phenolic OH excluding ortho intramolecular Hbond substituents is 3. The highest BCUT2D eigenvalue weighted by molar-refractivity contribution is 5.52. The SMILES string of the molecule is CC(C)=CCc1c(O)ccc([C@@H]2COc3cc(O)ccc3C2)c1O. The van der Waals surface area contributed by atoms with E-state index in [1.165, 1.54) is 0 Å². The van der Waals surface area contributed by atoms with Crippen LogP contribution in [0.2, 0.25) is 0 Å². The molecule has 0 saturated carbocycles. The molecule has 0 saturated heterocycles. The smallest absolute Gasteiger partial charge is 0.126 e. The van der Waals surface area contributed by atoms with Crippen LogP contribution in [-0.4, -0.2) is 21.9 Å². The highest BCUT2D eigenvalue weighted by Gasteiger charge is 2.25. The van der Waals surface area contributed by atoms with Crippen molar-refractivity contribution in [2.75, 3.05) is 6.61 Å². The lowest BCUT2D eigenvalue weighted by Gasteiger charge is -2.27. The minimum Gasteiger partial charge on any atom is -0.508 e. The van der Waals surface area contributed by atoms with Crippen LogP contribution in [0.15, 0.2) is 42.0 Å². The number of rotatable bonds is 3. The number of hydrogen-bond acceptors (Lipinski definition) is 4. The Morgan fingerprint density at radius 2 is 1.96 bits per heavy atom. The Morgan fingerprint density at radius 3 is 2.71 bits per heavy atom. The Labute approximate surface area is 141 Å². The molecule has 0 fully saturated rings. The van der Waals surface area contributed by atoms with Gasteiger partial charge in [0.1, 0.15) is 23.0 Å². The third kappa shape index (κ3) is 3.18. The van der Waals surface area contributed by atoms with E-state index in [9.17, 15) is 15.3 Å². The van der Waals surface area contributed by atoms with Crippen LogP contribution in [0.3, 0.4) is 0 Å². The van der Waals surface area contributed by atoms with E-state index >= 15 is 0 Å². The lowest BCUT2D eigenvalue weighted by atomic mass is 9.88. The van der Waals surface area contributed by atoms with E-state index in [0.717, 1.165) is 23.1 Å². The standard InChI is InChI=1S/C20H22O4/c1-12(2)3-6-17-18(22)8-7-16(20(17)23)14-9-13-4-5-15(21)10-19(13)24-11-14/h3-5,7-8,10,14,21-23H,6,9,11H2,1-2H3/t14-/m0/s1. The Morgan fingerprint density at radius 1 is 1.17 bits per heavy atom. The predicted molar refractivity (Wildman–Crippen MR) is 93.0 cm³/mol. The van der Waals surface area contributed by atoms with Gasteiger partial charge in [-0.25, -0.2) is 0 Å². The summed E-state index contributed by atoms with van der Waals surface area (Å²) in [6.07, 6.45) is 3.19. The van der Waals surface area contributed by atoms with E-state index in [-0.39, 0.29) is 23.2 Å². The second-order valence-electron chi connectivity index (χ2n) is 6.49. The molecule has 24 heavy (non-hydrogen) atoms. The molecule has 0 aromatic heterocycles. The van der Waals surface area contributed by atoms with Gasteiger partial charge < -0.3 is 20.1 Å². The Balaban J connectivity index is 1.91. The van der Waals surface area contributed by atoms with E-state index < -0.39 is 0 Å². The first kappa shape index (κ1) is 16.2. The van der Waals surface area contributed by atoms with Crippen LogP contribution in [0, 0.1) is 0 Å². The van der Waals surface area contributed by atoms with Crippen molar-refractivity contribution in [3.05, 3.63) is 58.7 Å². The molecule has 1 aliphatic rings. The van der Waals surface area contributed by atoms with E-state index in [1.54, 1.807) is 24.3 Å². The summed E-state index contributed by atoms with van der Waals surface area (Å²) in [7, 11) is 0. The zero-order valence-electron chi connectivity index (χ0n) is 13.9. The fourth-order valence-corrected chi connectivity index (χ4v) is 3.04. The zero-order valence-corrected chi connectivity index (χ0v) is 13.9. The maximum absolute atomic E-state index is 10.6. The average Bonchev–Trinajstić information content (AvgIpc) is 2.54. The van der Waals surface area contributed by atoms with Crippen LogP contribution in [0.25, 0.3) is 0 Å². The molecule has 0 amide bonds. The van der Waals surface area contributed by atoms with Crippen molar-refractivity contribution in [2.45, 2.75) is 32.6 Å². The molecule has 126 valence electrons. The van der Waals surface area contributed by atoms with E-state index in [4.69, 9.17) is 4.74 Å². The molecule has 0 unspecified atom stereocenters. The van der Waals surface area contributed by atoms with Crippen molar-refractivity contribution in [1.29, 1.82) is 0 Å². The fourth-order valence-electron chi connectivity index (χ4n) is 3.04. The second-order valence-corrected chi connectivity index (χ2v) is 6.49. The maximum Gasteiger partial charge on any atom is 0.126 e. The summed E-state index contributed by atoms with van der Waals surface area (Å²) in [5, 5.41) is 30.2. The van der Waals surface area contributed by atoms with Crippen molar-refractivity contribution >= 4 is 0 Å². The van der Waals surface area contributed by atoms with Gasteiger partial charge in [0, 0.05) is 23.1 Å². The molecule has 4 heteroatoms. The summed E-state index contributed by atoms with van der Waals surface area (Å²) in [4.78, 5) is 0. The minimum atomic E-state index is 0.00750. The number of hydrogen-bond donors (Lipinski definition) is 3.